The molecule has 24 heavy (non-hydrogen) atoms. The van der Waals surface area contributed by atoms with Crippen molar-refractivity contribution in [3.8, 4) is 11.8 Å². The molecule has 0 bridgehead atoms. The van der Waals surface area contributed by atoms with Gasteiger partial charge in [0.2, 0.25) is 0 Å². The van der Waals surface area contributed by atoms with Crippen LogP contribution in [0.2, 0.25) is 0 Å². The number of nitriles is 1. The Labute approximate surface area is 143 Å². The van der Waals surface area contributed by atoms with E-state index in [4.69, 9.17) is 14.7 Å². The summed E-state index contributed by atoms with van der Waals surface area (Å²) in [6, 6.07) is 7.12. The zero-order valence-corrected chi connectivity index (χ0v) is 14.3. The standard InChI is InChI=1S/C18H25N3O3/c1-13-3-4-16(21-18(22)20-14(2)5-8-19)11-17(13)24-12-15-6-9-23-10-7-15/h3-4,11,14-15H,5-7,9-10,12H2,1-2H3,(H2,20,21,22)/t14-/m1/s1. The fourth-order valence-corrected chi connectivity index (χ4v) is 2.53. The van der Waals surface area contributed by atoms with Crippen molar-refractivity contribution in [2.24, 2.45) is 5.92 Å². The summed E-state index contributed by atoms with van der Waals surface area (Å²) in [5, 5.41) is 14.1. The first-order valence-electron chi connectivity index (χ1n) is 8.34. The van der Waals surface area contributed by atoms with Gasteiger partial charge in [-0.05, 0) is 44.2 Å². The number of ether oxygens (including phenoxy) is 2. The zero-order valence-electron chi connectivity index (χ0n) is 14.3. The third-order valence-electron chi connectivity index (χ3n) is 4.04. The molecule has 1 aromatic carbocycles. The number of amides is 2. The van der Waals surface area contributed by atoms with Crippen LogP contribution in [0.5, 0.6) is 5.75 Å². The number of hydrogen-bond acceptors (Lipinski definition) is 4. The fraction of sp³-hybridized carbons (Fsp3) is 0.556. The number of rotatable bonds is 6. The number of urea groups is 1. The minimum absolute atomic E-state index is 0.190. The van der Waals surface area contributed by atoms with E-state index in [0.29, 0.717) is 18.2 Å². The van der Waals surface area contributed by atoms with Crippen LogP contribution >= 0.6 is 0 Å². The average Bonchev–Trinajstić information content (AvgIpc) is 2.56. The Kier molecular flexibility index (Phi) is 6.89. The largest absolute Gasteiger partial charge is 0.493 e. The molecular formula is C18H25N3O3. The number of carbonyl (C=O) groups excluding carboxylic acids is 1. The molecule has 2 amide bonds. The van der Waals surface area contributed by atoms with Crippen molar-refractivity contribution in [3.05, 3.63) is 23.8 Å². The number of anilines is 1. The van der Waals surface area contributed by atoms with Crippen molar-refractivity contribution >= 4 is 11.7 Å². The smallest absolute Gasteiger partial charge is 0.319 e. The van der Waals surface area contributed by atoms with Crippen molar-refractivity contribution in [2.75, 3.05) is 25.1 Å². The Morgan fingerprint density at radius 1 is 1.46 bits per heavy atom. The Balaban J connectivity index is 1.90. The second kappa shape index (κ2) is 9.14. The molecule has 0 radical (unpaired) electrons. The minimum atomic E-state index is -0.322. The molecular weight excluding hydrogens is 306 g/mol. The molecule has 0 aliphatic carbocycles. The van der Waals surface area contributed by atoms with Crippen LogP contribution < -0.4 is 15.4 Å². The summed E-state index contributed by atoms with van der Waals surface area (Å²) in [4.78, 5) is 11.9. The highest BCUT2D eigenvalue weighted by Crippen LogP contribution is 2.24. The number of hydrogen-bond donors (Lipinski definition) is 2. The number of benzene rings is 1. The summed E-state index contributed by atoms with van der Waals surface area (Å²) in [5.41, 5.74) is 1.70. The van der Waals surface area contributed by atoms with Crippen molar-refractivity contribution in [2.45, 2.75) is 39.2 Å². The van der Waals surface area contributed by atoms with Crippen molar-refractivity contribution in [1.29, 1.82) is 5.26 Å². The molecule has 1 aliphatic heterocycles. The monoisotopic (exact) mass is 331 g/mol. The summed E-state index contributed by atoms with van der Waals surface area (Å²) < 4.78 is 11.3. The van der Waals surface area contributed by atoms with E-state index in [1.807, 2.05) is 31.2 Å². The number of nitrogens with zero attached hydrogens (tertiary/aromatic N) is 1. The van der Waals surface area contributed by atoms with Gasteiger partial charge in [0, 0.05) is 31.0 Å². The van der Waals surface area contributed by atoms with E-state index in [1.54, 1.807) is 6.92 Å². The summed E-state index contributed by atoms with van der Waals surface area (Å²) in [7, 11) is 0. The fourth-order valence-electron chi connectivity index (χ4n) is 2.53. The van der Waals surface area contributed by atoms with Gasteiger partial charge in [-0.15, -0.1) is 0 Å². The number of carbonyl (C=O) groups is 1. The molecule has 0 spiro atoms. The minimum Gasteiger partial charge on any atom is -0.493 e. The van der Waals surface area contributed by atoms with Crippen LogP contribution in [-0.4, -0.2) is 31.9 Å². The van der Waals surface area contributed by atoms with Crippen LogP contribution in [0, 0.1) is 24.2 Å². The van der Waals surface area contributed by atoms with E-state index < -0.39 is 0 Å². The van der Waals surface area contributed by atoms with E-state index in [9.17, 15) is 4.79 Å². The molecule has 1 fully saturated rings. The SMILES string of the molecule is Cc1ccc(NC(=O)N[C@H](C)CC#N)cc1OCC1CCOCC1. The van der Waals surface area contributed by atoms with Gasteiger partial charge in [0.25, 0.3) is 0 Å². The lowest BCUT2D eigenvalue weighted by atomic mass is 10.0. The zero-order chi connectivity index (χ0) is 17.4. The Hall–Kier alpha value is -2.26. The molecule has 1 heterocycles. The van der Waals surface area contributed by atoms with Gasteiger partial charge in [0.05, 0.1) is 19.1 Å². The van der Waals surface area contributed by atoms with E-state index in [2.05, 4.69) is 10.6 Å². The Morgan fingerprint density at radius 2 is 2.21 bits per heavy atom. The molecule has 1 atom stereocenters. The highest BCUT2D eigenvalue weighted by atomic mass is 16.5. The number of nitrogens with one attached hydrogen (secondary N) is 2. The first kappa shape index (κ1) is 18.1. The second-order valence-corrected chi connectivity index (χ2v) is 6.21. The summed E-state index contributed by atoms with van der Waals surface area (Å²) in [5.74, 6) is 1.30. The lowest BCUT2D eigenvalue weighted by Gasteiger charge is -2.22. The summed E-state index contributed by atoms with van der Waals surface area (Å²) in [6.07, 6.45) is 2.33. The molecule has 1 aromatic rings. The van der Waals surface area contributed by atoms with Gasteiger partial charge >= 0.3 is 6.03 Å². The summed E-state index contributed by atoms with van der Waals surface area (Å²) >= 11 is 0. The molecule has 0 saturated carbocycles. The van der Waals surface area contributed by atoms with Crippen LogP contribution in [0.25, 0.3) is 0 Å². The van der Waals surface area contributed by atoms with Gasteiger partial charge in [-0.2, -0.15) is 5.26 Å². The Bertz CT molecular complexity index is 592. The van der Waals surface area contributed by atoms with Gasteiger partial charge in [-0.3, -0.25) is 0 Å². The molecule has 0 unspecified atom stereocenters. The first-order valence-corrected chi connectivity index (χ1v) is 8.34. The molecule has 2 N–H and O–H groups in total. The van der Waals surface area contributed by atoms with Crippen LogP contribution in [0.3, 0.4) is 0 Å². The first-order chi connectivity index (χ1) is 11.6. The normalized spacial score (nSPS) is 16.0. The quantitative estimate of drug-likeness (QED) is 0.838. The number of aryl methyl sites for hydroxylation is 1. The molecule has 130 valence electrons. The summed E-state index contributed by atoms with van der Waals surface area (Å²) in [6.45, 7) is 6.04. The lowest BCUT2D eigenvalue weighted by molar-refractivity contribution is 0.0496. The predicted octanol–water partition coefficient (Wildman–Crippen LogP) is 3.22. The predicted molar refractivity (Wildman–Crippen MR) is 92.1 cm³/mol. The molecule has 0 aromatic heterocycles. The van der Waals surface area contributed by atoms with E-state index in [0.717, 1.165) is 37.4 Å². The highest BCUT2D eigenvalue weighted by Gasteiger charge is 2.15. The third kappa shape index (κ3) is 5.74. The lowest BCUT2D eigenvalue weighted by Crippen LogP contribution is -2.35. The van der Waals surface area contributed by atoms with Crippen LogP contribution in [0.4, 0.5) is 10.5 Å². The van der Waals surface area contributed by atoms with Crippen LogP contribution in [0.15, 0.2) is 18.2 Å². The van der Waals surface area contributed by atoms with Crippen LogP contribution in [-0.2, 0) is 4.74 Å². The van der Waals surface area contributed by atoms with Crippen molar-refractivity contribution < 1.29 is 14.3 Å². The molecule has 6 nitrogen and oxygen atoms in total. The topological polar surface area (TPSA) is 83.4 Å². The molecule has 2 rings (SSSR count). The van der Waals surface area contributed by atoms with Crippen LogP contribution in [0.1, 0.15) is 31.7 Å². The van der Waals surface area contributed by atoms with Gasteiger partial charge in [0.1, 0.15) is 5.75 Å². The van der Waals surface area contributed by atoms with Gasteiger partial charge in [-0.25, -0.2) is 4.79 Å². The Morgan fingerprint density at radius 3 is 2.92 bits per heavy atom. The van der Waals surface area contributed by atoms with E-state index in [-0.39, 0.29) is 18.5 Å². The third-order valence-corrected chi connectivity index (χ3v) is 4.04. The van der Waals surface area contributed by atoms with Crippen molar-refractivity contribution in [3.63, 3.8) is 0 Å². The maximum atomic E-state index is 11.9. The van der Waals surface area contributed by atoms with Gasteiger partial charge in [-0.1, -0.05) is 6.07 Å². The van der Waals surface area contributed by atoms with E-state index in [1.165, 1.54) is 0 Å². The highest BCUT2D eigenvalue weighted by molar-refractivity contribution is 5.89. The molecule has 1 saturated heterocycles. The maximum absolute atomic E-state index is 11.9. The van der Waals surface area contributed by atoms with E-state index >= 15 is 0 Å². The molecule has 6 heteroatoms. The maximum Gasteiger partial charge on any atom is 0.319 e. The average molecular weight is 331 g/mol. The molecule has 1 aliphatic rings. The van der Waals surface area contributed by atoms with Gasteiger partial charge in [0.15, 0.2) is 0 Å². The van der Waals surface area contributed by atoms with Gasteiger partial charge < -0.3 is 20.1 Å². The van der Waals surface area contributed by atoms with Crippen molar-refractivity contribution in [1.82, 2.24) is 5.32 Å². The second-order valence-electron chi connectivity index (χ2n) is 6.21.